The molecule has 1 aliphatic heterocycles. The van der Waals surface area contributed by atoms with Gasteiger partial charge in [0, 0.05) is 5.54 Å². The molecule has 0 aromatic carbocycles. The van der Waals surface area contributed by atoms with Crippen molar-refractivity contribution in [1.82, 2.24) is 5.32 Å². The van der Waals surface area contributed by atoms with Gasteiger partial charge in [-0.2, -0.15) is 0 Å². The van der Waals surface area contributed by atoms with Crippen LogP contribution in [0.4, 0.5) is 0 Å². The molecule has 0 aromatic heterocycles. The third kappa shape index (κ3) is 0.420. The summed E-state index contributed by atoms with van der Waals surface area (Å²) in [7, 11) is 0. The SMILES string of the molecule is CC1(C)NC1N. The van der Waals surface area contributed by atoms with Gasteiger partial charge in [0.25, 0.3) is 0 Å². The van der Waals surface area contributed by atoms with E-state index in [9.17, 15) is 0 Å². The average molecular weight is 86.1 g/mol. The van der Waals surface area contributed by atoms with E-state index >= 15 is 0 Å². The third-order valence-corrected chi connectivity index (χ3v) is 1.22. The maximum Gasteiger partial charge on any atom is 0.0734 e. The van der Waals surface area contributed by atoms with Crippen LogP contribution in [-0.2, 0) is 0 Å². The maximum absolute atomic E-state index is 5.39. The van der Waals surface area contributed by atoms with Crippen molar-refractivity contribution in [2.45, 2.75) is 25.6 Å². The van der Waals surface area contributed by atoms with Gasteiger partial charge in [-0.25, -0.2) is 0 Å². The summed E-state index contributed by atoms with van der Waals surface area (Å²) in [5.41, 5.74) is 5.62. The minimum atomic E-state index is 0.236. The average Bonchev–Trinajstić information content (AvgIpc) is 1.73. The van der Waals surface area contributed by atoms with Crippen LogP contribution < -0.4 is 11.1 Å². The zero-order valence-electron chi connectivity index (χ0n) is 4.15. The fraction of sp³-hybridized carbons (Fsp3) is 1.00. The molecule has 2 heteroatoms. The number of hydrogen-bond donors (Lipinski definition) is 2. The van der Waals surface area contributed by atoms with E-state index in [1.165, 1.54) is 0 Å². The smallest absolute Gasteiger partial charge is 0.0734 e. The van der Waals surface area contributed by atoms with Gasteiger partial charge in [0.2, 0.25) is 0 Å². The Hall–Kier alpha value is -0.0800. The highest BCUT2D eigenvalue weighted by atomic mass is 15.3. The van der Waals surface area contributed by atoms with Crippen molar-refractivity contribution >= 4 is 0 Å². The molecule has 0 saturated carbocycles. The van der Waals surface area contributed by atoms with Gasteiger partial charge in [-0.15, -0.1) is 0 Å². The van der Waals surface area contributed by atoms with Crippen molar-refractivity contribution in [2.75, 3.05) is 0 Å². The lowest BCUT2D eigenvalue weighted by Gasteiger charge is -1.88. The highest BCUT2D eigenvalue weighted by Gasteiger charge is 2.41. The van der Waals surface area contributed by atoms with Gasteiger partial charge >= 0.3 is 0 Å². The summed E-state index contributed by atoms with van der Waals surface area (Å²) >= 11 is 0. The van der Waals surface area contributed by atoms with Crippen LogP contribution in [0.2, 0.25) is 0 Å². The first-order chi connectivity index (χ1) is 2.63. The molecule has 0 bridgehead atoms. The molecule has 2 nitrogen and oxygen atoms in total. The maximum atomic E-state index is 5.39. The lowest BCUT2D eigenvalue weighted by molar-refractivity contribution is 0.748. The Morgan fingerprint density at radius 2 is 1.83 bits per heavy atom. The monoisotopic (exact) mass is 86.1 g/mol. The van der Waals surface area contributed by atoms with Gasteiger partial charge in [0.05, 0.1) is 6.17 Å². The van der Waals surface area contributed by atoms with Crippen molar-refractivity contribution in [2.24, 2.45) is 5.73 Å². The minimum absolute atomic E-state index is 0.236. The largest absolute Gasteiger partial charge is 0.314 e. The molecule has 0 spiro atoms. The molecule has 1 atom stereocenters. The molecule has 1 unspecified atom stereocenters. The van der Waals surface area contributed by atoms with E-state index in [0.717, 1.165) is 0 Å². The van der Waals surface area contributed by atoms with E-state index in [2.05, 4.69) is 19.2 Å². The molecule has 1 fully saturated rings. The Bertz CT molecular complexity index is 67.9. The predicted molar refractivity (Wildman–Crippen MR) is 25.2 cm³/mol. The van der Waals surface area contributed by atoms with Crippen molar-refractivity contribution < 1.29 is 0 Å². The number of rotatable bonds is 0. The Morgan fingerprint density at radius 1 is 1.67 bits per heavy atom. The molecule has 6 heavy (non-hydrogen) atoms. The highest BCUT2D eigenvalue weighted by molar-refractivity contribution is 5.03. The van der Waals surface area contributed by atoms with Crippen molar-refractivity contribution in [3.05, 3.63) is 0 Å². The molecule has 0 aromatic rings. The zero-order valence-corrected chi connectivity index (χ0v) is 4.15. The van der Waals surface area contributed by atoms with E-state index in [4.69, 9.17) is 5.73 Å². The van der Waals surface area contributed by atoms with E-state index in [0.29, 0.717) is 0 Å². The van der Waals surface area contributed by atoms with Gasteiger partial charge in [-0.3, -0.25) is 5.32 Å². The highest BCUT2D eigenvalue weighted by Crippen LogP contribution is 2.18. The summed E-state index contributed by atoms with van der Waals surface area (Å²) in [6.45, 7) is 4.16. The van der Waals surface area contributed by atoms with Gasteiger partial charge in [0.15, 0.2) is 0 Å². The quantitative estimate of drug-likeness (QED) is 0.396. The van der Waals surface area contributed by atoms with Crippen LogP contribution in [0.15, 0.2) is 0 Å². The first-order valence-electron chi connectivity index (χ1n) is 2.16. The van der Waals surface area contributed by atoms with Gasteiger partial charge < -0.3 is 5.73 Å². The molecule has 3 N–H and O–H groups in total. The number of hydrogen-bond acceptors (Lipinski definition) is 2. The molecule has 0 radical (unpaired) electrons. The van der Waals surface area contributed by atoms with Gasteiger partial charge in [-0.05, 0) is 13.8 Å². The Balaban J connectivity index is 2.41. The summed E-state index contributed by atoms with van der Waals surface area (Å²) in [6, 6.07) is 0. The topological polar surface area (TPSA) is 48.0 Å². The van der Waals surface area contributed by atoms with Crippen LogP contribution in [0.5, 0.6) is 0 Å². The molecular formula is C4H10N2. The normalized spacial score (nSPS) is 39.5. The first kappa shape index (κ1) is 4.09. The van der Waals surface area contributed by atoms with E-state index in [-0.39, 0.29) is 11.7 Å². The fourth-order valence-corrected chi connectivity index (χ4v) is 0.359. The Labute approximate surface area is 37.7 Å². The lowest BCUT2D eigenvalue weighted by atomic mass is 10.2. The van der Waals surface area contributed by atoms with Crippen LogP contribution >= 0.6 is 0 Å². The van der Waals surface area contributed by atoms with E-state index in [1.54, 1.807) is 0 Å². The van der Waals surface area contributed by atoms with Crippen LogP contribution in [0.3, 0.4) is 0 Å². The molecule has 1 saturated heterocycles. The molecule has 1 rings (SSSR count). The second-order valence-electron chi connectivity index (χ2n) is 2.34. The van der Waals surface area contributed by atoms with Crippen LogP contribution in [0.25, 0.3) is 0 Å². The fourth-order valence-electron chi connectivity index (χ4n) is 0.359. The molecule has 1 heterocycles. The Kier molecular flexibility index (Phi) is 0.524. The summed E-state index contributed by atoms with van der Waals surface area (Å²) < 4.78 is 0. The van der Waals surface area contributed by atoms with Gasteiger partial charge in [0.1, 0.15) is 0 Å². The second-order valence-corrected chi connectivity index (χ2v) is 2.34. The Morgan fingerprint density at radius 3 is 1.83 bits per heavy atom. The minimum Gasteiger partial charge on any atom is -0.314 e. The van der Waals surface area contributed by atoms with E-state index in [1.807, 2.05) is 0 Å². The second kappa shape index (κ2) is 0.768. The molecule has 0 amide bonds. The zero-order chi connectivity index (χ0) is 4.78. The van der Waals surface area contributed by atoms with Crippen LogP contribution in [0.1, 0.15) is 13.8 Å². The summed E-state index contributed by atoms with van der Waals surface area (Å²) in [5.74, 6) is 0. The summed E-state index contributed by atoms with van der Waals surface area (Å²) in [4.78, 5) is 0. The summed E-state index contributed by atoms with van der Waals surface area (Å²) in [5, 5.41) is 3.05. The molecule has 1 aliphatic rings. The third-order valence-electron chi connectivity index (χ3n) is 1.22. The van der Waals surface area contributed by atoms with E-state index < -0.39 is 0 Å². The molecule has 36 valence electrons. The van der Waals surface area contributed by atoms with Crippen molar-refractivity contribution in [3.63, 3.8) is 0 Å². The number of nitrogens with one attached hydrogen (secondary N) is 1. The molecule has 0 aliphatic carbocycles. The van der Waals surface area contributed by atoms with Crippen molar-refractivity contribution in [3.8, 4) is 0 Å². The predicted octanol–water partition coefficient (Wildman–Crippen LogP) is -0.347. The first-order valence-corrected chi connectivity index (χ1v) is 2.16. The molecular weight excluding hydrogens is 76.1 g/mol. The van der Waals surface area contributed by atoms with Gasteiger partial charge in [-0.1, -0.05) is 0 Å². The standard InChI is InChI=1S/C4H10N2/c1-4(2)3(5)6-4/h3,6H,5H2,1-2H3. The van der Waals surface area contributed by atoms with Crippen LogP contribution in [-0.4, -0.2) is 11.7 Å². The van der Waals surface area contributed by atoms with Crippen LogP contribution in [0, 0.1) is 0 Å². The number of nitrogens with two attached hydrogens (primary N) is 1. The summed E-state index contributed by atoms with van der Waals surface area (Å²) in [6.07, 6.45) is 0.248. The van der Waals surface area contributed by atoms with Crippen molar-refractivity contribution in [1.29, 1.82) is 0 Å². The lowest BCUT2D eigenvalue weighted by Crippen LogP contribution is -2.11.